The first-order chi connectivity index (χ1) is 6.26. The Morgan fingerprint density at radius 3 is 1.69 bits per heavy atom. The molecule has 0 fully saturated rings. The molecule has 68 valence electrons. The van der Waals surface area contributed by atoms with Gasteiger partial charge in [-0.05, 0) is 43.5 Å². The van der Waals surface area contributed by atoms with Gasteiger partial charge in [0.1, 0.15) is 0 Å². The zero-order valence-corrected chi connectivity index (χ0v) is 8.54. The third-order valence-electron chi connectivity index (χ3n) is 1.84. The molecule has 0 heteroatoms. The molecule has 1 aromatic carbocycles. The summed E-state index contributed by atoms with van der Waals surface area (Å²) in [6, 6.07) is 6.56. The lowest BCUT2D eigenvalue weighted by molar-refractivity contribution is 1.44. The molecule has 0 amide bonds. The summed E-state index contributed by atoms with van der Waals surface area (Å²) in [5.41, 5.74) is 3.86. The van der Waals surface area contributed by atoms with Gasteiger partial charge in [-0.25, -0.2) is 0 Å². The highest BCUT2D eigenvalue weighted by molar-refractivity contribution is 5.58. The number of benzene rings is 1. The summed E-state index contributed by atoms with van der Waals surface area (Å²) in [5, 5.41) is 0. The van der Waals surface area contributed by atoms with Crippen molar-refractivity contribution in [1.29, 1.82) is 0 Å². The Bertz CT molecular complexity index is 300. The normalized spacial score (nSPS) is 11.6. The molecule has 1 rings (SSSR count). The first-order valence-corrected chi connectivity index (χ1v) is 4.63. The summed E-state index contributed by atoms with van der Waals surface area (Å²) in [4.78, 5) is 0. The molecule has 0 nitrogen and oxygen atoms in total. The van der Waals surface area contributed by atoms with Crippen molar-refractivity contribution in [3.8, 4) is 0 Å². The van der Waals surface area contributed by atoms with Crippen molar-refractivity contribution >= 4 is 12.2 Å². The van der Waals surface area contributed by atoms with Gasteiger partial charge >= 0.3 is 0 Å². The second-order valence-corrected chi connectivity index (χ2v) is 3.18. The summed E-state index contributed by atoms with van der Waals surface area (Å²) in [6.45, 7) is 6.20. The van der Waals surface area contributed by atoms with E-state index in [1.807, 2.05) is 13.8 Å². The summed E-state index contributed by atoms with van der Waals surface area (Å²) < 4.78 is 0. The molecule has 0 aliphatic heterocycles. The minimum atomic E-state index is 1.27. The van der Waals surface area contributed by atoms with Crippen molar-refractivity contribution in [2.45, 2.75) is 20.8 Å². The molecule has 0 aromatic heterocycles. The average Bonchev–Trinajstić information content (AvgIpc) is 2.04. The smallest absolute Gasteiger partial charge is 0.0251 e. The van der Waals surface area contributed by atoms with Crippen molar-refractivity contribution in [2.24, 2.45) is 0 Å². The lowest BCUT2D eigenvalue weighted by Gasteiger charge is -2.00. The van der Waals surface area contributed by atoms with E-state index in [2.05, 4.69) is 49.4 Å². The highest BCUT2D eigenvalue weighted by atomic mass is 14.0. The zero-order chi connectivity index (χ0) is 9.68. The van der Waals surface area contributed by atoms with Crippen LogP contribution in [0.25, 0.3) is 12.2 Å². The Hall–Kier alpha value is -1.30. The SMILES string of the molecule is CC=Cc1cc(C)cc(C=CC)c1. The Kier molecular flexibility index (Phi) is 3.51. The van der Waals surface area contributed by atoms with Crippen LogP contribution in [0, 0.1) is 6.92 Å². The van der Waals surface area contributed by atoms with Crippen LogP contribution in [0.1, 0.15) is 30.5 Å². The average molecular weight is 172 g/mol. The van der Waals surface area contributed by atoms with E-state index in [1.165, 1.54) is 16.7 Å². The van der Waals surface area contributed by atoms with Crippen LogP contribution in [0.5, 0.6) is 0 Å². The molecule has 0 atom stereocenters. The zero-order valence-electron chi connectivity index (χ0n) is 8.54. The van der Waals surface area contributed by atoms with E-state index in [0.717, 1.165) is 0 Å². The Balaban J connectivity index is 3.10. The van der Waals surface area contributed by atoms with Crippen LogP contribution < -0.4 is 0 Å². The van der Waals surface area contributed by atoms with Crippen LogP contribution in [0.15, 0.2) is 30.4 Å². The molecule has 13 heavy (non-hydrogen) atoms. The minimum absolute atomic E-state index is 1.27. The largest absolute Gasteiger partial charge is 0.0871 e. The monoisotopic (exact) mass is 172 g/mol. The van der Waals surface area contributed by atoms with Crippen molar-refractivity contribution in [3.63, 3.8) is 0 Å². The highest BCUT2D eigenvalue weighted by Crippen LogP contribution is 2.12. The first-order valence-electron chi connectivity index (χ1n) is 4.63. The highest BCUT2D eigenvalue weighted by Gasteiger charge is 1.92. The third kappa shape index (κ3) is 2.90. The molecule has 0 saturated carbocycles. The minimum Gasteiger partial charge on any atom is -0.0871 e. The number of hydrogen-bond donors (Lipinski definition) is 0. The third-order valence-corrected chi connectivity index (χ3v) is 1.84. The first kappa shape index (κ1) is 9.79. The van der Waals surface area contributed by atoms with Gasteiger partial charge in [-0.1, -0.05) is 36.4 Å². The number of allylic oxidation sites excluding steroid dienone is 2. The van der Waals surface area contributed by atoms with E-state index >= 15 is 0 Å². The van der Waals surface area contributed by atoms with Crippen molar-refractivity contribution in [2.75, 3.05) is 0 Å². The number of hydrogen-bond acceptors (Lipinski definition) is 0. The molecule has 0 N–H and O–H groups in total. The Morgan fingerprint density at radius 2 is 1.31 bits per heavy atom. The molecule has 0 bridgehead atoms. The predicted octanol–water partition coefficient (Wildman–Crippen LogP) is 4.06. The standard InChI is InChI=1S/C13H16/c1-4-6-12-8-11(3)9-13(10-12)7-5-2/h4-10H,1-3H3. The van der Waals surface area contributed by atoms with Crippen LogP contribution in [-0.2, 0) is 0 Å². The topological polar surface area (TPSA) is 0 Å². The molecule has 0 heterocycles. The molecule has 0 radical (unpaired) electrons. The van der Waals surface area contributed by atoms with Crippen molar-refractivity contribution in [3.05, 3.63) is 47.0 Å². The van der Waals surface area contributed by atoms with Gasteiger partial charge in [0.05, 0.1) is 0 Å². The number of aryl methyl sites for hydroxylation is 1. The second kappa shape index (κ2) is 4.66. The van der Waals surface area contributed by atoms with Gasteiger partial charge in [0, 0.05) is 0 Å². The maximum absolute atomic E-state index is 2.19. The summed E-state index contributed by atoms with van der Waals surface area (Å²) in [6.07, 6.45) is 8.38. The fourth-order valence-electron chi connectivity index (χ4n) is 1.42. The van der Waals surface area contributed by atoms with Gasteiger partial charge in [0.25, 0.3) is 0 Å². The quantitative estimate of drug-likeness (QED) is 0.631. The fourth-order valence-corrected chi connectivity index (χ4v) is 1.42. The van der Waals surface area contributed by atoms with E-state index in [4.69, 9.17) is 0 Å². The van der Waals surface area contributed by atoms with Crippen LogP contribution in [0.4, 0.5) is 0 Å². The van der Waals surface area contributed by atoms with Crippen molar-refractivity contribution in [1.82, 2.24) is 0 Å². The van der Waals surface area contributed by atoms with E-state index in [-0.39, 0.29) is 0 Å². The lowest BCUT2D eigenvalue weighted by atomic mass is 10.1. The van der Waals surface area contributed by atoms with E-state index in [0.29, 0.717) is 0 Å². The van der Waals surface area contributed by atoms with Crippen LogP contribution >= 0.6 is 0 Å². The maximum atomic E-state index is 2.19. The van der Waals surface area contributed by atoms with Gasteiger partial charge in [-0.15, -0.1) is 0 Å². The predicted molar refractivity (Wildman–Crippen MR) is 60.6 cm³/mol. The summed E-state index contributed by atoms with van der Waals surface area (Å²) in [5.74, 6) is 0. The van der Waals surface area contributed by atoms with Gasteiger partial charge in [-0.2, -0.15) is 0 Å². The van der Waals surface area contributed by atoms with Gasteiger partial charge in [0.15, 0.2) is 0 Å². The molecular formula is C13H16. The molecule has 0 unspecified atom stereocenters. The van der Waals surface area contributed by atoms with Crippen LogP contribution in [0.2, 0.25) is 0 Å². The Labute approximate surface area is 80.6 Å². The summed E-state index contributed by atoms with van der Waals surface area (Å²) in [7, 11) is 0. The molecule has 0 saturated heterocycles. The molecule has 1 aromatic rings. The fraction of sp³-hybridized carbons (Fsp3) is 0.231. The van der Waals surface area contributed by atoms with E-state index in [9.17, 15) is 0 Å². The maximum Gasteiger partial charge on any atom is -0.0251 e. The second-order valence-electron chi connectivity index (χ2n) is 3.18. The van der Waals surface area contributed by atoms with Gasteiger partial charge in [0.2, 0.25) is 0 Å². The molecular weight excluding hydrogens is 156 g/mol. The Morgan fingerprint density at radius 1 is 0.846 bits per heavy atom. The molecule has 0 aliphatic carbocycles. The lowest BCUT2D eigenvalue weighted by Crippen LogP contribution is -1.79. The molecule has 0 spiro atoms. The van der Waals surface area contributed by atoms with E-state index < -0.39 is 0 Å². The van der Waals surface area contributed by atoms with Crippen molar-refractivity contribution < 1.29 is 0 Å². The van der Waals surface area contributed by atoms with Gasteiger partial charge < -0.3 is 0 Å². The van der Waals surface area contributed by atoms with E-state index in [1.54, 1.807) is 0 Å². The van der Waals surface area contributed by atoms with Gasteiger partial charge in [-0.3, -0.25) is 0 Å². The number of rotatable bonds is 2. The van der Waals surface area contributed by atoms with Crippen LogP contribution in [0.3, 0.4) is 0 Å². The molecule has 0 aliphatic rings. The summed E-state index contributed by atoms with van der Waals surface area (Å²) >= 11 is 0. The van der Waals surface area contributed by atoms with Crippen LogP contribution in [-0.4, -0.2) is 0 Å².